The summed E-state index contributed by atoms with van der Waals surface area (Å²) in [4.78, 5) is 14.1. The molecule has 1 saturated heterocycles. The number of anilines is 1. The highest BCUT2D eigenvalue weighted by molar-refractivity contribution is 7.47. The zero-order chi connectivity index (χ0) is 33.3. The number of nitrogens with zero attached hydrogens (tertiary/aromatic N) is 3. The first-order chi connectivity index (χ1) is 22.2. The zero-order valence-electron chi connectivity index (χ0n) is 28.1. The van der Waals surface area contributed by atoms with E-state index in [1.165, 1.54) is 101 Å². The number of aliphatic hydroxyl groups is 2. The zero-order valence-corrected chi connectivity index (χ0v) is 29.0. The maximum absolute atomic E-state index is 12.4. The topological polar surface area (TPSA) is 171 Å². The third kappa shape index (κ3) is 12.4. The number of phosphoric ester groups is 1. The van der Waals surface area contributed by atoms with Crippen LogP contribution in [0.5, 0.6) is 0 Å². The van der Waals surface area contributed by atoms with Gasteiger partial charge in [-0.2, -0.15) is 5.10 Å². The number of aliphatic hydroxyl groups excluding tert-OH is 2. The van der Waals surface area contributed by atoms with Crippen molar-refractivity contribution < 1.29 is 38.2 Å². The van der Waals surface area contributed by atoms with Crippen LogP contribution in [0.2, 0.25) is 0 Å². The van der Waals surface area contributed by atoms with Crippen molar-refractivity contribution in [3.8, 4) is 0 Å². The summed E-state index contributed by atoms with van der Waals surface area (Å²) in [5.74, 6) is 0.252. The molecule has 0 bridgehead atoms. The van der Waals surface area contributed by atoms with Crippen molar-refractivity contribution in [2.24, 2.45) is 0 Å². The van der Waals surface area contributed by atoms with Gasteiger partial charge in [0.1, 0.15) is 35.8 Å². The Balaban J connectivity index is 1.17. The molecular weight excluding hydrogens is 611 g/mol. The second-order valence-corrected chi connectivity index (χ2v) is 14.2. The Morgan fingerprint density at radius 1 is 0.870 bits per heavy atom. The monoisotopic (exact) mass is 670 g/mol. The average Bonchev–Trinajstić information content (AvgIpc) is 3.57. The first kappa shape index (κ1) is 38.8. The van der Waals surface area contributed by atoms with E-state index in [9.17, 15) is 19.7 Å². The summed E-state index contributed by atoms with van der Waals surface area (Å²) in [6.07, 6.45) is 19.1. The molecule has 264 valence electrons. The standard InChI is InChI=1S/C33H59N4O8P/c1-3-4-5-6-7-8-9-10-11-12-13-14-15-16-17-18-22-42-23-19-24-43-46(40,41)44-25-28-30(38)31(39)33(2,45-28)29-21-20-27-32(34)35-26-36-37(27)29/h20-21,26,28,30-31,38-39H,3-19,22-25H2,1-2H3,(H,40,41)(H2,34,35,36)/t28?,30-,31-,33+/m1/s1. The maximum atomic E-state index is 12.4. The lowest BCUT2D eigenvalue weighted by atomic mass is 9.93. The lowest BCUT2D eigenvalue weighted by Crippen LogP contribution is -2.39. The highest BCUT2D eigenvalue weighted by Gasteiger charge is 2.54. The summed E-state index contributed by atoms with van der Waals surface area (Å²) in [5, 5.41) is 25.6. The summed E-state index contributed by atoms with van der Waals surface area (Å²) in [6.45, 7) is 4.47. The van der Waals surface area contributed by atoms with Crippen LogP contribution >= 0.6 is 7.82 Å². The van der Waals surface area contributed by atoms with E-state index in [4.69, 9.17) is 24.3 Å². The largest absolute Gasteiger partial charge is 0.472 e. The van der Waals surface area contributed by atoms with Gasteiger partial charge < -0.3 is 30.3 Å². The average molecular weight is 671 g/mol. The fourth-order valence-corrected chi connectivity index (χ4v) is 6.83. The minimum absolute atomic E-state index is 0.0155. The molecule has 46 heavy (non-hydrogen) atoms. The van der Waals surface area contributed by atoms with Crippen LogP contribution in [0, 0.1) is 0 Å². The lowest BCUT2D eigenvalue weighted by molar-refractivity contribution is -0.0888. The van der Waals surface area contributed by atoms with E-state index >= 15 is 0 Å². The smallest absolute Gasteiger partial charge is 0.387 e. The second-order valence-electron chi connectivity index (χ2n) is 12.7. The van der Waals surface area contributed by atoms with Crippen molar-refractivity contribution in [3.63, 3.8) is 0 Å². The lowest BCUT2D eigenvalue weighted by Gasteiger charge is -2.27. The van der Waals surface area contributed by atoms with Crippen LogP contribution in [0.3, 0.4) is 0 Å². The molecule has 12 nitrogen and oxygen atoms in total. The van der Waals surface area contributed by atoms with Gasteiger partial charge in [-0.25, -0.2) is 14.1 Å². The van der Waals surface area contributed by atoms with Crippen LogP contribution in [0.25, 0.3) is 5.52 Å². The molecule has 0 aliphatic carbocycles. The van der Waals surface area contributed by atoms with E-state index in [0.29, 0.717) is 30.8 Å². The molecule has 13 heteroatoms. The normalized spacial score (nSPS) is 22.9. The Kier molecular flexibility index (Phi) is 17.4. The van der Waals surface area contributed by atoms with Crippen LogP contribution in [0.1, 0.15) is 129 Å². The predicted molar refractivity (Wildman–Crippen MR) is 178 cm³/mol. The summed E-state index contributed by atoms with van der Waals surface area (Å²) in [6, 6.07) is 3.35. The molecule has 3 heterocycles. The van der Waals surface area contributed by atoms with Gasteiger partial charge >= 0.3 is 7.82 Å². The number of hydrogen-bond acceptors (Lipinski definition) is 10. The van der Waals surface area contributed by atoms with Crippen LogP contribution in [0.4, 0.5) is 5.82 Å². The maximum Gasteiger partial charge on any atom is 0.472 e. The first-order valence-corrected chi connectivity index (χ1v) is 19.0. The second kappa shape index (κ2) is 20.7. The summed E-state index contributed by atoms with van der Waals surface area (Å²) >= 11 is 0. The van der Waals surface area contributed by atoms with Gasteiger partial charge in [0, 0.05) is 13.2 Å². The Morgan fingerprint density at radius 3 is 2.04 bits per heavy atom. The van der Waals surface area contributed by atoms with Crippen LogP contribution in [0.15, 0.2) is 18.5 Å². The van der Waals surface area contributed by atoms with Crippen molar-refractivity contribution in [1.82, 2.24) is 14.6 Å². The quantitative estimate of drug-likeness (QED) is 0.0641. The molecule has 0 spiro atoms. The number of hydrogen-bond donors (Lipinski definition) is 4. The number of unbranched alkanes of at least 4 members (excludes halogenated alkanes) is 15. The number of nitrogens with two attached hydrogens (primary N) is 1. The minimum atomic E-state index is -4.40. The molecule has 0 amide bonds. The van der Waals surface area contributed by atoms with Gasteiger partial charge in [-0.1, -0.05) is 103 Å². The Morgan fingerprint density at radius 2 is 1.43 bits per heavy atom. The summed E-state index contributed by atoms with van der Waals surface area (Å²) in [7, 11) is -4.40. The number of ether oxygens (including phenoxy) is 2. The number of nitrogen functional groups attached to an aromatic ring is 1. The Bertz CT molecular complexity index is 1170. The molecule has 0 radical (unpaired) electrons. The predicted octanol–water partition coefficient (Wildman–Crippen LogP) is 6.45. The van der Waals surface area contributed by atoms with Crippen LogP contribution in [-0.4, -0.2) is 74.4 Å². The van der Waals surface area contributed by atoms with Gasteiger partial charge in [0.05, 0.1) is 18.9 Å². The molecule has 1 aliphatic rings. The minimum Gasteiger partial charge on any atom is -0.387 e. The fourth-order valence-electron chi connectivity index (χ4n) is 6.06. The highest BCUT2D eigenvalue weighted by atomic mass is 31.2. The first-order valence-electron chi connectivity index (χ1n) is 17.5. The molecule has 1 fully saturated rings. The molecule has 0 saturated carbocycles. The van der Waals surface area contributed by atoms with E-state index in [1.54, 1.807) is 19.1 Å². The van der Waals surface area contributed by atoms with Gasteiger partial charge in [-0.05, 0) is 31.9 Å². The number of fused-ring (bicyclic) bond motifs is 1. The van der Waals surface area contributed by atoms with E-state index in [1.807, 2.05) is 0 Å². The van der Waals surface area contributed by atoms with Gasteiger partial charge in [-0.3, -0.25) is 9.05 Å². The van der Waals surface area contributed by atoms with Crippen molar-refractivity contribution in [1.29, 1.82) is 0 Å². The Hall–Kier alpha value is -1.63. The van der Waals surface area contributed by atoms with E-state index < -0.39 is 38.3 Å². The highest BCUT2D eigenvalue weighted by Crippen LogP contribution is 2.46. The van der Waals surface area contributed by atoms with Crippen LogP contribution < -0.4 is 5.73 Å². The van der Waals surface area contributed by atoms with Crippen LogP contribution in [-0.2, 0) is 28.7 Å². The summed E-state index contributed by atoms with van der Waals surface area (Å²) in [5.41, 5.74) is 5.48. The van der Waals surface area contributed by atoms with Gasteiger partial charge in [0.2, 0.25) is 0 Å². The molecule has 5 N–H and O–H groups in total. The number of rotatable bonds is 26. The van der Waals surface area contributed by atoms with E-state index in [-0.39, 0.29) is 12.4 Å². The summed E-state index contributed by atoms with van der Waals surface area (Å²) < 4.78 is 35.6. The van der Waals surface area contributed by atoms with E-state index in [2.05, 4.69) is 17.0 Å². The Labute approximate surface area is 275 Å². The fraction of sp³-hybridized carbons (Fsp3) is 0.818. The molecule has 1 aliphatic heterocycles. The number of aromatic nitrogens is 3. The van der Waals surface area contributed by atoms with Gasteiger partial charge in [-0.15, -0.1) is 0 Å². The third-order valence-electron chi connectivity index (χ3n) is 8.89. The molecule has 5 atom stereocenters. The molecule has 2 unspecified atom stereocenters. The van der Waals surface area contributed by atoms with Gasteiger partial charge in [0.25, 0.3) is 0 Å². The van der Waals surface area contributed by atoms with Crippen molar-refractivity contribution in [2.75, 3.05) is 32.2 Å². The molecule has 2 aromatic heterocycles. The van der Waals surface area contributed by atoms with Crippen molar-refractivity contribution in [2.45, 2.75) is 147 Å². The third-order valence-corrected chi connectivity index (χ3v) is 9.87. The van der Waals surface area contributed by atoms with Gasteiger partial charge in [0.15, 0.2) is 5.82 Å². The molecule has 0 aromatic carbocycles. The van der Waals surface area contributed by atoms with E-state index in [0.717, 1.165) is 12.8 Å². The van der Waals surface area contributed by atoms with Crippen molar-refractivity contribution >= 4 is 19.2 Å². The SMILES string of the molecule is CCCCCCCCCCCCCCCCCCOCCCOP(=O)(O)OCC1O[C@@](C)(c2ccc3c(N)ncnn23)[C@H](O)[C@@H]1O. The molecule has 2 aromatic rings. The number of phosphoric acid groups is 1. The van der Waals surface area contributed by atoms with Crippen molar-refractivity contribution in [3.05, 3.63) is 24.2 Å². The molecular formula is C33H59N4O8P. The molecule has 3 rings (SSSR count).